The Hall–Kier alpha value is -2.40. The molecule has 0 radical (unpaired) electrons. The van der Waals surface area contributed by atoms with Crippen LogP contribution in [0.2, 0.25) is 10.0 Å². The maximum absolute atomic E-state index is 13.0. The van der Waals surface area contributed by atoms with Crippen LogP contribution in [-0.4, -0.2) is 37.3 Å². The fourth-order valence-electron chi connectivity index (χ4n) is 3.06. The maximum atomic E-state index is 13.0. The molecule has 0 aliphatic heterocycles. The Labute approximate surface area is 216 Å². The summed E-state index contributed by atoms with van der Waals surface area (Å²) < 4.78 is 1.84. The summed E-state index contributed by atoms with van der Waals surface area (Å²) in [7, 11) is 0. The lowest BCUT2D eigenvalue weighted by Crippen LogP contribution is -2.34. The average Bonchev–Trinajstić information content (AvgIpc) is 3.36. The molecule has 0 saturated heterocycles. The van der Waals surface area contributed by atoms with Gasteiger partial charge in [0.05, 0.1) is 28.1 Å². The number of halogens is 2. The van der Waals surface area contributed by atoms with Gasteiger partial charge in [-0.2, -0.15) is 0 Å². The number of amides is 2. The van der Waals surface area contributed by atoms with Gasteiger partial charge in [-0.05, 0) is 31.0 Å². The van der Waals surface area contributed by atoms with Gasteiger partial charge in [0.2, 0.25) is 5.91 Å². The van der Waals surface area contributed by atoms with E-state index in [1.807, 2.05) is 30.7 Å². The first-order valence-corrected chi connectivity index (χ1v) is 13.0. The Bertz CT molecular complexity index is 1190. The highest BCUT2D eigenvalue weighted by Crippen LogP contribution is 2.27. The Morgan fingerprint density at radius 3 is 2.68 bits per heavy atom. The molecule has 12 heteroatoms. The minimum atomic E-state index is -0.451. The molecule has 0 saturated carbocycles. The standard InChI is InChI=1S/C22H24Cl2N6O2S2/c1-5-8-30-19(18(12(2)3)27-20(32)15-7-6-14(23)9-16(15)24)28-29-22(30)34-11-17(31)26-21-25-13(4)10-33-21/h5-7,9-10,12,18H,1,8,11H2,2-4H3,(H,27,32)(H,25,26,31)/t18-/m0/s1. The number of allylic oxidation sites excluding steroid dienone is 1. The molecule has 0 unspecified atom stereocenters. The number of nitrogens with zero attached hydrogens (tertiary/aromatic N) is 4. The minimum Gasteiger partial charge on any atom is -0.342 e. The largest absolute Gasteiger partial charge is 0.342 e. The number of nitrogens with one attached hydrogen (secondary N) is 2. The highest BCUT2D eigenvalue weighted by molar-refractivity contribution is 7.99. The van der Waals surface area contributed by atoms with Gasteiger partial charge in [0.15, 0.2) is 16.1 Å². The van der Waals surface area contributed by atoms with Crippen molar-refractivity contribution in [2.75, 3.05) is 11.1 Å². The molecular weight excluding hydrogens is 515 g/mol. The van der Waals surface area contributed by atoms with E-state index in [0.717, 1.165) is 5.69 Å². The molecule has 0 aliphatic carbocycles. The highest BCUT2D eigenvalue weighted by atomic mass is 35.5. The zero-order valence-corrected chi connectivity index (χ0v) is 22.0. The van der Waals surface area contributed by atoms with E-state index in [1.165, 1.54) is 29.2 Å². The van der Waals surface area contributed by atoms with E-state index >= 15 is 0 Å². The van der Waals surface area contributed by atoms with Gasteiger partial charge in [0, 0.05) is 16.9 Å². The molecular formula is C22H24Cl2N6O2S2. The quantitative estimate of drug-likeness (QED) is 0.265. The van der Waals surface area contributed by atoms with Gasteiger partial charge in [-0.15, -0.1) is 28.1 Å². The van der Waals surface area contributed by atoms with Crippen LogP contribution in [0.1, 0.15) is 41.8 Å². The monoisotopic (exact) mass is 538 g/mol. The summed E-state index contributed by atoms with van der Waals surface area (Å²) >= 11 is 14.8. The van der Waals surface area contributed by atoms with Gasteiger partial charge < -0.3 is 15.2 Å². The van der Waals surface area contributed by atoms with E-state index in [0.29, 0.717) is 33.2 Å². The second-order valence-corrected chi connectivity index (χ2v) is 10.3. The third-order valence-electron chi connectivity index (χ3n) is 4.66. The first kappa shape index (κ1) is 26.2. The van der Waals surface area contributed by atoms with Crippen molar-refractivity contribution < 1.29 is 9.59 Å². The van der Waals surface area contributed by atoms with Crippen molar-refractivity contribution in [3.8, 4) is 0 Å². The molecule has 180 valence electrons. The van der Waals surface area contributed by atoms with Crippen molar-refractivity contribution in [3.05, 3.63) is 63.4 Å². The second-order valence-electron chi connectivity index (χ2n) is 7.69. The molecule has 1 aromatic carbocycles. The summed E-state index contributed by atoms with van der Waals surface area (Å²) in [5.74, 6) is 0.150. The first-order chi connectivity index (χ1) is 16.2. The Kier molecular flexibility index (Phi) is 9.12. The van der Waals surface area contributed by atoms with Crippen LogP contribution in [0.15, 0.2) is 41.4 Å². The van der Waals surface area contributed by atoms with E-state index in [4.69, 9.17) is 23.2 Å². The molecule has 0 fully saturated rings. The molecule has 2 aromatic heterocycles. The van der Waals surface area contributed by atoms with Crippen molar-refractivity contribution >= 4 is 63.2 Å². The van der Waals surface area contributed by atoms with Gasteiger partial charge in [0.1, 0.15) is 0 Å². The van der Waals surface area contributed by atoms with Gasteiger partial charge >= 0.3 is 0 Å². The van der Waals surface area contributed by atoms with Crippen molar-refractivity contribution in [1.82, 2.24) is 25.1 Å². The van der Waals surface area contributed by atoms with Gasteiger partial charge in [-0.3, -0.25) is 9.59 Å². The van der Waals surface area contributed by atoms with Crippen LogP contribution in [0.5, 0.6) is 0 Å². The summed E-state index contributed by atoms with van der Waals surface area (Å²) in [6, 6.07) is 4.26. The lowest BCUT2D eigenvalue weighted by atomic mass is 10.0. The molecule has 3 aromatic rings. The van der Waals surface area contributed by atoms with Crippen LogP contribution in [0.4, 0.5) is 5.13 Å². The van der Waals surface area contributed by atoms with Crippen LogP contribution in [-0.2, 0) is 11.3 Å². The number of anilines is 1. The predicted molar refractivity (Wildman–Crippen MR) is 138 cm³/mol. The van der Waals surface area contributed by atoms with E-state index < -0.39 is 6.04 Å². The first-order valence-electron chi connectivity index (χ1n) is 10.3. The highest BCUT2D eigenvalue weighted by Gasteiger charge is 2.27. The number of thioether (sulfide) groups is 1. The van der Waals surface area contributed by atoms with E-state index in [9.17, 15) is 9.59 Å². The number of rotatable bonds is 10. The molecule has 2 amide bonds. The lowest BCUT2D eigenvalue weighted by Gasteiger charge is -2.23. The van der Waals surface area contributed by atoms with Crippen LogP contribution in [0.25, 0.3) is 0 Å². The number of hydrogen-bond donors (Lipinski definition) is 2. The molecule has 0 spiro atoms. The lowest BCUT2D eigenvalue weighted by molar-refractivity contribution is -0.113. The number of aromatic nitrogens is 4. The van der Waals surface area contributed by atoms with Gasteiger partial charge in [-0.1, -0.05) is 54.9 Å². The average molecular weight is 540 g/mol. The van der Waals surface area contributed by atoms with Crippen molar-refractivity contribution in [1.29, 1.82) is 0 Å². The summed E-state index contributed by atoms with van der Waals surface area (Å²) in [6.45, 7) is 10.0. The topological polar surface area (TPSA) is 102 Å². The predicted octanol–water partition coefficient (Wildman–Crippen LogP) is 5.39. The van der Waals surface area contributed by atoms with Crippen molar-refractivity contribution in [2.24, 2.45) is 5.92 Å². The molecule has 2 heterocycles. The third kappa shape index (κ3) is 6.59. The van der Waals surface area contributed by atoms with E-state index in [2.05, 4.69) is 32.4 Å². The summed E-state index contributed by atoms with van der Waals surface area (Å²) in [5, 5.41) is 18.1. The molecule has 34 heavy (non-hydrogen) atoms. The Morgan fingerprint density at radius 2 is 2.06 bits per heavy atom. The normalized spacial score (nSPS) is 11.9. The Balaban J connectivity index is 1.77. The van der Waals surface area contributed by atoms with E-state index in [-0.39, 0.29) is 28.5 Å². The van der Waals surface area contributed by atoms with E-state index in [1.54, 1.807) is 18.2 Å². The zero-order valence-electron chi connectivity index (χ0n) is 18.8. The Morgan fingerprint density at radius 1 is 1.29 bits per heavy atom. The fraction of sp³-hybridized carbons (Fsp3) is 0.318. The van der Waals surface area contributed by atoms with Crippen LogP contribution in [0, 0.1) is 12.8 Å². The molecule has 1 atom stereocenters. The SMILES string of the molecule is C=CCn1c(SCC(=O)Nc2nc(C)cs2)nnc1[C@@H](NC(=O)c1ccc(Cl)cc1Cl)C(C)C. The molecule has 0 bridgehead atoms. The van der Waals surface area contributed by atoms with Crippen LogP contribution < -0.4 is 10.6 Å². The van der Waals surface area contributed by atoms with Gasteiger partial charge in [-0.25, -0.2) is 4.98 Å². The smallest absolute Gasteiger partial charge is 0.253 e. The molecule has 8 nitrogen and oxygen atoms in total. The third-order valence-corrected chi connectivity index (χ3v) is 7.05. The van der Waals surface area contributed by atoms with Gasteiger partial charge in [0.25, 0.3) is 5.91 Å². The molecule has 2 N–H and O–H groups in total. The maximum Gasteiger partial charge on any atom is 0.253 e. The van der Waals surface area contributed by atoms with Crippen LogP contribution in [0.3, 0.4) is 0 Å². The molecule has 3 rings (SSSR count). The number of hydrogen-bond acceptors (Lipinski definition) is 7. The molecule has 0 aliphatic rings. The van der Waals surface area contributed by atoms with Crippen molar-refractivity contribution in [3.63, 3.8) is 0 Å². The summed E-state index contributed by atoms with van der Waals surface area (Å²) in [6.07, 6.45) is 1.71. The van der Waals surface area contributed by atoms with Crippen LogP contribution >= 0.6 is 46.3 Å². The zero-order chi connectivity index (χ0) is 24.8. The van der Waals surface area contributed by atoms with Crippen molar-refractivity contribution in [2.45, 2.75) is 38.5 Å². The fourth-order valence-corrected chi connectivity index (χ4v) is 5.01. The number of aryl methyl sites for hydroxylation is 1. The summed E-state index contributed by atoms with van der Waals surface area (Å²) in [5.41, 5.74) is 1.17. The summed E-state index contributed by atoms with van der Waals surface area (Å²) in [4.78, 5) is 29.5. The minimum absolute atomic E-state index is 0.00270. The number of thiazole rings is 1. The number of benzene rings is 1. The number of carbonyl (C=O) groups excluding carboxylic acids is 2. The number of carbonyl (C=O) groups is 2. The second kappa shape index (κ2) is 11.8.